The molecule has 0 aliphatic carbocycles. The topological polar surface area (TPSA) is 75.4 Å². The molecule has 0 fully saturated rings. The molecule has 19 heavy (non-hydrogen) atoms. The number of nitrogens with zero attached hydrogens (tertiary/aromatic N) is 1. The van der Waals surface area contributed by atoms with E-state index in [4.69, 9.17) is 16.1 Å². The van der Waals surface area contributed by atoms with Gasteiger partial charge in [0.15, 0.2) is 0 Å². The Morgan fingerprint density at radius 3 is 2.84 bits per heavy atom. The number of hydrogen-bond acceptors (Lipinski definition) is 4. The molecule has 0 aliphatic heterocycles. The van der Waals surface area contributed by atoms with Gasteiger partial charge in [0.25, 0.3) is 5.91 Å². The Morgan fingerprint density at radius 2 is 2.21 bits per heavy atom. The maximum Gasteiger partial charge on any atom is 0.253 e. The molecule has 100 valence electrons. The fraction of sp³-hybridized carbons (Fsp3) is 0.231. The number of aryl methyl sites for hydroxylation is 2. The molecule has 1 heterocycles. The van der Waals surface area contributed by atoms with Gasteiger partial charge in [-0.3, -0.25) is 4.79 Å². The molecule has 0 unspecified atom stereocenters. The lowest BCUT2D eigenvalue weighted by molar-refractivity contribution is 0.0950. The monoisotopic (exact) mass is 280 g/mol. The first-order valence-electron chi connectivity index (χ1n) is 5.67. The fourth-order valence-electron chi connectivity index (χ4n) is 1.71. The second-order valence-electron chi connectivity index (χ2n) is 4.15. The lowest BCUT2D eigenvalue weighted by Crippen LogP contribution is -2.23. The molecule has 1 amide bonds. The number of carbonyl (C=O) groups is 1. The van der Waals surface area contributed by atoms with Crippen LogP contribution in [0.2, 0.25) is 5.02 Å². The van der Waals surface area contributed by atoms with Crippen LogP contribution in [0.1, 0.15) is 27.4 Å². The highest BCUT2D eigenvalue weighted by Gasteiger charge is 2.14. The van der Waals surface area contributed by atoms with E-state index in [0.717, 1.165) is 11.3 Å². The van der Waals surface area contributed by atoms with Crippen LogP contribution in [0.3, 0.4) is 0 Å². The van der Waals surface area contributed by atoms with Crippen molar-refractivity contribution < 1.29 is 14.4 Å². The molecule has 0 radical (unpaired) electrons. The molecule has 0 saturated carbocycles. The fourth-order valence-corrected chi connectivity index (χ4v) is 1.91. The minimum absolute atomic E-state index is 0.00751. The van der Waals surface area contributed by atoms with Crippen molar-refractivity contribution in [2.75, 3.05) is 0 Å². The number of aromatic nitrogens is 1. The normalized spacial score (nSPS) is 10.5. The van der Waals surface area contributed by atoms with Crippen molar-refractivity contribution in [3.8, 4) is 5.75 Å². The van der Waals surface area contributed by atoms with E-state index in [1.807, 2.05) is 0 Å². The molecule has 1 aromatic carbocycles. The molecule has 2 rings (SSSR count). The number of carbonyl (C=O) groups excluding carboxylic acids is 1. The van der Waals surface area contributed by atoms with E-state index in [-0.39, 0.29) is 22.2 Å². The minimum Gasteiger partial charge on any atom is -0.508 e. The van der Waals surface area contributed by atoms with Crippen LogP contribution in [0.4, 0.5) is 0 Å². The third kappa shape index (κ3) is 2.88. The van der Waals surface area contributed by atoms with Crippen LogP contribution < -0.4 is 5.32 Å². The second kappa shape index (κ2) is 5.32. The van der Waals surface area contributed by atoms with Gasteiger partial charge in [0.1, 0.15) is 11.5 Å². The number of aromatic hydroxyl groups is 1. The van der Waals surface area contributed by atoms with Crippen molar-refractivity contribution in [2.24, 2.45) is 0 Å². The number of halogens is 1. The quantitative estimate of drug-likeness (QED) is 0.906. The molecule has 1 aromatic heterocycles. The van der Waals surface area contributed by atoms with Crippen LogP contribution in [0.15, 0.2) is 22.7 Å². The van der Waals surface area contributed by atoms with E-state index in [2.05, 4.69) is 10.5 Å². The number of amides is 1. The third-order valence-corrected chi connectivity index (χ3v) is 3.13. The molecule has 0 spiro atoms. The number of rotatable bonds is 3. The number of nitrogens with one attached hydrogen (secondary N) is 1. The molecule has 6 heteroatoms. The molecule has 0 saturated heterocycles. The molecule has 0 atom stereocenters. The largest absolute Gasteiger partial charge is 0.508 e. The average molecular weight is 281 g/mol. The van der Waals surface area contributed by atoms with Gasteiger partial charge < -0.3 is 14.9 Å². The summed E-state index contributed by atoms with van der Waals surface area (Å²) < 4.78 is 5.01. The predicted octanol–water partition coefficient (Wildman–Crippen LogP) is 2.58. The Bertz CT molecular complexity index is 603. The van der Waals surface area contributed by atoms with Gasteiger partial charge in [-0.25, -0.2) is 0 Å². The smallest absolute Gasteiger partial charge is 0.253 e. The van der Waals surface area contributed by atoms with E-state index in [1.165, 1.54) is 18.2 Å². The Kier molecular flexibility index (Phi) is 3.76. The van der Waals surface area contributed by atoms with Gasteiger partial charge in [0, 0.05) is 12.1 Å². The van der Waals surface area contributed by atoms with E-state index in [0.29, 0.717) is 12.3 Å². The molecule has 5 nitrogen and oxygen atoms in total. The van der Waals surface area contributed by atoms with Crippen molar-refractivity contribution in [2.45, 2.75) is 20.4 Å². The van der Waals surface area contributed by atoms with Crippen LogP contribution in [0, 0.1) is 13.8 Å². The molecular weight excluding hydrogens is 268 g/mol. The van der Waals surface area contributed by atoms with Gasteiger partial charge in [0.05, 0.1) is 16.3 Å². The zero-order valence-corrected chi connectivity index (χ0v) is 11.3. The highest BCUT2D eigenvalue weighted by Crippen LogP contribution is 2.21. The van der Waals surface area contributed by atoms with E-state index < -0.39 is 0 Å². The summed E-state index contributed by atoms with van der Waals surface area (Å²) in [6, 6.07) is 4.22. The molecule has 2 N–H and O–H groups in total. The standard InChI is InChI=1S/C13H13ClN2O3/c1-7-11(8(2)19-16-7)6-15-13(18)10-5-9(17)3-4-12(10)14/h3-5,17H,6H2,1-2H3,(H,15,18). The second-order valence-corrected chi connectivity index (χ2v) is 4.56. The van der Waals surface area contributed by atoms with Gasteiger partial charge in [-0.05, 0) is 32.0 Å². The Labute approximate surface area is 115 Å². The van der Waals surface area contributed by atoms with Crippen molar-refractivity contribution in [1.29, 1.82) is 0 Å². The minimum atomic E-state index is -0.360. The van der Waals surface area contributed by atoms with Gasteiger partial charge in [-0.15, -0.1) is 0 Å². The Hall–Kier alpha value is -2.01. The number of benzene rings is 1. The molecular formula is C13H13ClN2O3. The summed E-state index contributed by atoms with van der Waals surface area (Å²) in [5.74, 6) is 0.299. The Balaban J connectivity index is 2.12. The maximum atomic E-state index is 12.0. The highest BCUT2D eigenvalue weighted by atomic mass is 35.5. The van der Waals surface area contributed by atoms with E-state index >= 15 is 0 Å². The first-order valence-corrected chi connectivity index (χ1v) is 6.05. The lowest BCUT2D eigenvalue weighted by Gasteiger charge is -2.07. The lowest BCUT2D eigenvalue weighted by atomic mass is 10.1. The van der Waals surface area contributed by atoms with Crippen LogP contribution in [-0.4, -0.2) is 16.2 Å². The molecule has 0 bridgehead atoms. The predicted molar refractivity (Wildman–Crippen MR) is 70.3 cm³/mol. The summed E-state index contributed by atoms with van der Waals surface area (Å²) >= 11 is 5.91. The Morgan fingerprint density at radius 1 is 1.47 bits per heavy atom. The zero-order valence-electron chi connectivity index (χ0n) is 10.5. The molecule has 0 aliphatic rings. The van der Waals surface area contributed by atoms with Crippen LogP contribution in [0.25, 0.3) is 0 Å². The number of phenolic OH excluding ortho intramolecular Hbond substituents is 1. The maximum absolute atomic E-state index is 12.0. The van der Waals surface area contributed by atoms with E-state index in [9.17, 15) is 9.90 Å². The SMILES string of the molecule is Cc1noc(C)c1CNC(=O)c1cc(O)ccc1Cl. The van der Waals surface area contributed by atoms with Crippen molar-refractivity contribution in [1.82, 2.24) is 10.5 Å². The van der Waals surface area contributed by atoms with Crippen molar-refractivity contribution in [3.63, 3.8) is 0 Å². The van der Waals surface area contributed by atoms with Gasteiger partial charge in [-0.1, -0.05) is 16.8 Å². The van der Waals surface area contributed by atoms with Crippen molar-refractivity contribution >= 4 is 17.5 Å². The van der Waals surface area contributed by atoms with Crippen LogP contribution in [0.5, 0.6) is 5.75 Å². The number of phenols is 1. The first kappa shape index (κ1) is 13.4. The molecule has 2 aromatic rings. The highest BCUT2D eigenvalue weighted by molar-refractivity contribution is 6.33. The number of hydrogen-bond donors (Lipinski definition) is 2. The summed E-state index contributed by atoms with van der Waals surface area (Å²) in [5, 5.41) is 16.2. The van der Waals surface area contributed by atoms with Gasteiger partial charge in [-0.2, -0.15) is 0 Å². The first-order chi connectivity index (χ1) is 8.99. The van der Waals surface area contributed by atoms with Crippen molar-refractivity contribution in [3.05, 3.63) is 45.8 Å². The summed E-state index contributed by atoms with van der Waals surface area (Å²) in [4.78, 5) is 12.0. The summed E-state index contributed by atoms with van der Waals surface area (Å²) in [7, 11) is 0. The van der Waals surface area contributed by atoms with Crippen LogP contribution in [-0.2, 0) is 6.54 Å². The van der Waals surface area contributed by atoms with Gasteiger partial charge in [0.2, 0.25) is 0 Å². The van der Waals surface area contributed by atoms with Gasteiger partial charge >= 0.3 is 0 Å². The summed E-state index contributed by atoms with van der Waals surface area (Å²) in [5.41, 5.74) is 1.80. The van der Waals surface area contributed by atoms with E-state index in [1.54, 1.807) is 13.8 Å². The zero-order chi connectivity index (χ0) is 14.0. The summed E-state index contributed by atoms with van der Waals surface area (Å²) in [6.07, 6.45) is 0. The third-order valence-electron chi connectivity index (χ3n) is 2.80. The average Bonchev–Trinajstić information content (AvgIpc) is 2.69. The summed E-state index contributed by atoms with van der Waals surface area (Å²) in [6.45, 7) is 3.88. The van der Waals surface area contributed by atoms with Crippen LogP contribution >= 0.6 is 11.6 Å².